The van der Waals surface area contributed by atoms with Crippen LogP contribution in [0.3, 0.4) is 0 Å². The molecule has 4 heterocycles. The molecule has 4 rings (SSSR count). The number of rotatable bonds is 7. The maximum Gasteiger partial charge on any atom is 0.268 e. The fourth-order valence-corrected chi connectivity index (χ4v) is 8.75. The molecule has 4 aromatic heterocycles. The van der Waals surface area contributed by atoms with Crippen LogP contribution in [0.1, 0.15) is 72.0 Å². The second-order valence-electron chi connectivity index (χ2n) is 11.1. The molecule has 0 aliphatic heterocycles. The predicted octanol–water partition coefficient (Wildman–Crippen LogP) is 7.37. The molecule has 1 N–H and O–H groups in total. The molecule has 0 aliphatic carbocycles. The summed E-state index contributed by atoms with van der Waals surface area (Å²) < 4.78 is 37.9. The van der Waals surface area contributed by atoms with Crippen molar-refractivity contribution in [3.63, 3.8) is 0 Å². The zero-order chi connectivity index (χ0) is 32.2. The van der Waals surface area contributed by atoms with Crippen molar-refractivity contribution in [3.8, 4) is 17.6 Å². The Morgan fingerprint density at radius 3 is 1.60 bits per heavy atom. The molecule has 244 valence electrons. The van der Waals surface area contributed by atoms with Crippen LogP contribution in [-0.4, -0.2) is 57.3 Å². The Morgan fingerprint density at radius 1 is 0.744 bits per heavy atom. The van der Waals surface area contributed by atoms with E-state index < -0.39 is 18.4 Å². The summed E-state index contributed by atoms with van der Waals surface area (Å²) in [5.41, 5.74) is -0.183. The van der Waals surface area contributed by atoms with Gasteiger partial charge in [-0.1, -0.05) is 7.43 Å². The van der Waals surface area contributed by atoms with Crippen molar-refractivity contribution < 1.29 is 32.3 Å². The van der Waals surface area contributed by atoms with E-state index in [-0.39, 0.29) is 31.3 Å². The van der Waals surface area contributed by atoms with Gasteiger partial charge in [0.1, 0.15) is 15.1 Å². The van der Waals surface area contributed by atoms with Crippen molar-refractivity contribution in [3.05, 3.63) is 49.1 Å². The third-order valence-corrected chi connectivity index (χ3v) is 11.8. The number of hydrogen-bond acceptors (Lipinski definition) is 11. The van der Waals surface area contributed by atoms with Gasteiger partial charge in [-0.3, -0.25) is 4.79 Å². The van der Waals surface area contributed by atoms with Gasteiger partial charge in [-0.2, -0.15) is 5.16 Å². The summed E-state index contributed by atoms with van der Waals surface area (Å²) in [4.78, 5) is 17.1. The summed E-state index contributed by atoms with van der Waals surface area (Å²) in [6.07, 6.45) is 0.462. The van der Waals surface area contributed by atoms with E-state index in [0.29, 0.717) is 17.5 Å². The quantitative estimate of drug-likeness (QED) is 0.147. The molecule has 0 amide bonds. The number of nitrogens with zero attached hydrogens (tertiary/aromatic N) is 3. The Kier molecular flexibility index (Phi) is 18.0. The maximum atomic E-state index is 10.1. The van der Waals surface area contributed by atoms with Gasteiger partial charge in [-0.15, -0.1) is 0 Å². The molecule has 0 atom stereocenters. The number of aryl methyl sites for hydroxylation is 4. The summed E-state index contributed by atoms with van der Waals surface area (Å²) in [6.45, 7) is 19.2. The molecule has 4 aromatic rings. The van der Waals surface area contributed by atoms with E-state index in [1.54, 1.807) is 13.0 Å². The summed E-state index contributed by atoms with van der Waals surface area (Å²) in [5.74, 6) is 5.01. The van der Waals surface area contributed by atoms with Crippen LogP contribution in [0.15, 0.2) is 35.0 Å². The second-order valence-corrected chi connectivity index (χ2v) is 26.5. The van der Waals surface area contributed by atoms with E-state index in [9.17, 15) is 4.79 Å². The molecule has 12 nitrogen and oxygen atoms in total. The van der Waals surface area contributed by atoms with Crippen LogP contribution >= 0.6 is 22.6 Å². The Labute approximate surface area is 272 Å². The molecule has 0 saturated heterocycles. The first-order valence-electron chi connectivity index (χ1n) is 13.6. The molecule has 0 saturated carbocycles. The number of aromatic amines is 1. The average molecular weight is 827 g/mol. The molecule has 43 heavy (non-hydrogen) atoms. The third kappa shape index (κ3) is 15.7. The largest absolute Gasteiger partial charge is 0.472 e. The molecule has 14 heteroatoms. The maximum absolute atomic E-state index is 10.1. The SMILES string of the molecule is C.Cc1cc(=O)[nH]o1.Cc1cc(OC(C)C)no1.Cc1onc(OC(C)C)[c]1[Sn]([CH3])([CH3])[CH3].Cc1onc(OC(C)C)c1I. The van der Waals surface area contributed by atoms with Crippen molar-refractivity contribution in [1.29, 1.82) is 0 Å². The van der Waals surface area contributed by atoms with E-state index in [1.165, 1.54) is 9.65 Å². The van der Waals surface area contributed by atoms with Crippen molar-refractivity contribution in [1.82, 2.24) is 20.6 Å². The first-order valence-corrected chi connectivity index (χ1v) is 24.6. The van der Waals surface area contributed by atoms with Gasteiger partial charge in [0.25, 0.3) is 17.3 Å². The van der Waals surface area contributed by atoms with Crippen LogP contribution in [0.25, 0.3) is 0 Å². The average Bonchev–Trinajstić information content (AvgIpc) is 3.60. The Bertz CT molecular complexity index is 1380. The van der Waals surface area contributed by atoms with Crippen LogP contribution in [0.2, 0.25) is 14.8 Å². The molecule has 0 aliphatic rings. The van der Waals surface area contributed by atoms with E-state index in [4.69, 9.17) is 27.8 Å². The number of hydrogen-bond donors (Lipinski definition) is 1. The zero-order valence-electron chi connectivity index (χ0n) is 26.9. The van der Waals surface area contributed by atoms with Crippen molar-refractivity contribution in [2.75, 3.05) is 0 Å². The van der Waals surface area contributed by atoms with Gasteiger partial charge in [0.05, 0.1) is 12.2 Å². The van der Waals surface area contributed by atoms with Gasteiger partial charge in [-0.05, 0) is 81.4 Å². The van der Waals surface area contributed by atoms with E-state index in [1.807, 2.05) is 62.3 Å². The summed E-state index contributed by atoms with van der Waals surface area (Å²) in [6, 6.07) is 3.15. The minimum absolute atomic E-state index is 0. The first-order chi connectivity index (χ1) is 19.4. The minimum Gasteiger partial charge on any atom is -0.472 e. The van der Waals surface area contributed by atoms with Gasteiger partial charge in [-0.25, -0.2) is 0 Å². The number of halogens is 1. The van der Waals surface area contributed by atoms with E-state index in [2.05, 4.69) is 62.6 Å². The summed E-state index contributed by atoms with van der Waals surface area (Å²) >= 11 is 0.00351. The predicted molar refractivity (Wildman–Crippen MR) is 178 cm³/mol. The van der Waals surface area contributed by atoms with Crippen molar-refractivity contribution in [2.24, 2.45) is 0 Å². The monoisotopic (exact) mass is 828 g/mol. The van der Waals surface area contributed by atoms with Crippen LogP contribution in [0.4, 0.5) is 0 Å². The van der Waals surface area contributed by atoms with Crippen molar-refractivity contribution >= 4 is 44.5 Å². The smallest absolute Gasteiger partial charge is 0.268 e. The fraction of sp³-hybridized carbons (Fsp3) is 0.586. The summed E-state index contributed by atoms with van der Waals surface area (Å²) in [5, 5.41) is 13.5. The first kappa shape index (κ1) is 40.6. The molecule has 0 radical (unpaired) electrons. The minimum atomic E-state index is -2.15. The number of ether oxygens (including phenoxy) is 3. The van der Waals surface area contributed by atoms with E-state index in [0.717, 1.165) is 26.7 Å². The van der Waals surface area contributed by atoms with E-state index >= 15 is 0 Å². The summed E-state index contributed by atoms with van der Waals surface area (Å²) in [7, 11) is 0. The second kappa shape index (κ2) is 19.1. The molecule has 0 bridgehead atoms. The van der Waals surface area contributed by atoms with Gasteiger partial charge in [0.15, 0.2) is 5.76 Å². The number of H-pyrrole nitrogens is 1. The molecular formula is C29H49IN4O8Sn. The molecule has 0 fully saturated rings. The number of nitrogens with one attached hydrogen (secondary N) is 1. The third-order valence-electron chi connectivity index (χ3n) is 4.65. The molecule has 0 aromatic carbocycles. The Morgan fingerprint density at radius 2 is 1.26 bits per heavy atom. The van der Waals surface area contributed by atoms with Crippen LogP contribution in [-0.2, 0) is 0 Å². The van der Waals surface area contributed by atoms with Crippen molar-refractivity contribution in [2.45, 2.75) is 110 Å². The normalized spacial score (nSPS) is 10.6. The van der Waals surface area contributed by atoms with Crippen LogP contribution in [0.5, 0.6) is 17.6 Å². The van der Waals surface area contributed by atoms with Gasteiger partial charge >= 0.3 is 89.7 Å². The molecular weight excluding hydrogens is 778 g/mol. The van der Waals surface area contributed by atoms with Gasteiger partial charge < -0.3 is 23.0 Å². The van der Waals surface area contributed by atoms with Gasteiger partial charge in [0, 0.05) is 12.1 Å². The number of aromatic nitrogens is 4. The standard InChI is InChI=1S/C7H10INO2.C7H11NO2.C7H10NO2.C4H5NO2.CH4.3CH3.Sn/c1-4(2)10-7-6(8)5(3)11-9-7;2*1-5(2)9-7-4-6(3)10-8-7;1-3-2-4(6)5-7-3;;;;;/h4H,1-3H3;4-5H,1-3H3;5H,1-3H3;2H,1H3,(H,5,6);1H4;3*1H3;. The fourth-order valence-electron chi connectivity index (χ4n) is 3.16. The Hall–Kier alpha value is -2.43. The topological polar surface area (TPSA) is 152 Å². The van der Waals surface area contributed by atoms with Crippen LogP contribution in [0, 0.1) is 31.3 Å². The van der Waals surface area contributed by atoms with Gasteiger partial charge in [0.2, 0.25) is 0 Å². The zero-order valence-corrected chi connectivity index (χ0v) is 31.9. The Balaban J connectivity index is 0.000000556. The van der Waals surface area contributed by atoms with Crippen LogP contribution < -0.4 is 23.3 Å². The molecule has 0 unspecified atom stereocenters. The molecule has 0 spiro atoms.